The van der Waals surface area contributed by atoms with Crippen LogP contribution >= 0.6 is 22.7 Å². The van der Waals surface area contributed by atoms with Crippen LogP contribution in [0.1, 0.15) is 20.0 Å². The zero-order valence-electron chi connectivity index (χ0n) is 16.6. The number of amides is 2. The molecule has 32 heavy (non-hydrogen) atoms. The second-order valence-electron chi connectivity index (χ2n) is 6.88. The Morgan fingerprint density at radius 3 is 2.38 bits per heavy atom. The van der Waals surface area contributed by atoms with Crippen molar-refractivity contribution < 1.29 is 9.59 Å². The largest absolute Gasteiger partial charge is 0.321 e. The summed E-state index contributed by atoms with van der Waals surface area (Å²) in [5.41, 5.74) is 2.95. The van der Waals surface area contributed by atoms with Crippen LogP contribution in [0.25, 0.3) is 20.8 Å². The summed E-state index contributed by atoms with van der Waals surface area (Å²) in [4.78, 5) is 34.3. The lowest BCUT2D eigenvalue weighted by Crippen LogP contribution is -2.13. The number of hydrogen-bond acceptors (Lipinski definition) is 6. The van der Waals surface area contributed by atoms with Gasteiger partial charge in [0.15, 0.2) is 0 Å². The van der Waals surface area contributed by atoms with E-state index in [1.807, 2.05) is 41.8 Å². The lowest BCUT2D eigenvalue weighted by atomic mass is 10.2. The molecule has 3 heterocycles. The number of para-hydroxylation sites is 1. The molecule has 0 saturated heterocycles. The molecular formula is C24H16N4O2S2. The van der Waals surface area contributed by atoms with Crippen LogP contribution in [0.2, 0.25) is 0 Å². The van der Waals surface area contributed by atoms with Crippen molar-refractivity contribution in [1.29, 1.82) is 0 Å². The van der Waals surface area contributed by atoms with E-state index in [9.17, 15) is 9.59 Å². The molecule has 0 spiro atoms. The maximum absolute atomic E-state index is 12.6. The number of benzene rings is 2. The zero-order valence-corrected chi connectivity index (χ0v) is 18.2. The Morgan fingerprint density at radius 1 is 0.812 bits per heavy atom. The number of hydrogen-bond donors (Lipinski definition) is 2. The SMILES string of the molecule is O=C(Nc1ccc(-c2nc3ccccc3s2)cn1)c1ccc(NC(=O)c2cccs2)cc1. The number of nitrogens with zero attached hydrogens (tertiary/aromatic N) is 2. The number of aromatic nitrogens is 2. The van der Waals surface area contributed by atoms with Gasteiger partial charge in [0.1, 0.15) is 10.8 Å². The van der Waals surface area contributed by atoms with E-state index >= 15 is 0 Å². The summed E-state index contributed by atoms with van der Waals surface area (Å²) in [5, 5.41) is 8.34. The quantitative estimate of drug-likeness (QED) is 0.344. The molecular weight excluding hydrogens is 440 g/mol. The number of thiazole rings is 1. The monoisotopic (exact) mass is 456 g/mol. The average Bonchev–Trinajstić information content (AvgIpc) is 3.50. The van der Waals surface area contributed by atoms with E-state index in [4.69, 9.17) is 0 Å². The van der Waals surface area contributed by atoms with Gasteiger partial charge in [-0.2, -0.15) is 0 Å². The average molecular weight is 457 g/mol. The molecule has 8 heteroatoms. The highest BCUT2D eigenvalue weighted by molar-refractivity contribution is 7.21. The number of fused-ring (bicyclic) bond motifs is 1. The first-order chi connectivity index (χ1) is 15.7. The van der Waals surface area contributed by atoms with Gasteiger partial charge < -0.3 is 10.6 Å². The van der Waals surface area contributed by atoms with Crippen LogP contribution in [0.3, 0.4) is 0 Å². The van der Waals surface area contributed by atoms with Crippen molar-refractivity contribution in [3.8, 4) is 10.6 Å². The number of thiophene rings is 1. The Hall–Kier alpha value is -3.88. The van der Waals surface area contributed by atoms with Gasteiger partial charge in [0, 0.05) is 23.0 Å². The van der Waals surface area contributed by atoms with Gasteiger partial charge in [-0.3, -0.25) is 9.59 Å². The molecule has 2 N–H and O–H groups in total. The minimum absolute atomic E-state index is 0.172. The molecule has 0 fully saturated rings. The third-order valence-corrected chi connectivity index (χ3v) is 6.65. The molecule has 0 bridgehead atoms. The van der Waals surface area contributed by atoms with E-state index in [-0.39, 0.29) is 11.8 Å². The summed E-state index contributed by atoms with van der Waals surface area (Å²) in [7, 11) is 0. The minimum atomic E-state index is -0.277. The summed E-state index contributed by atoms with van der Waals surface area (Å²) in [6.45, 7) is 0. The normalized spacial score (nSPS) is 10.8. The van der Waals surface area contributed by atoms with Gasteiger partial charge in [0.05, 0.1) is 15.1 Å². The molecule has 2 amide bonds. The summed E-state index contributed by atoms with van der Waals surface area (Å²) in [6.07, 6.45) is 1.70. The minimum Gasteiger partial charge on any atom is -0.321 e. The number of rotatable bonds is 5. The molecule has 2 aromatic carbocycles. The number of nitrogens with one attached hydrogen (secondary N) is 2. The van der Waals surface area contributed by atoms with Gasteiger partial charge in [0.2, 0.25) is 0 Å². The fourth-order valence-electron chi connectivity index (χ4n) is 3.08. The maximum atomic E-state index is 12.6. The second-order valence-corrected chi connectivity index (χ2v) is 8.86. The Balaban J connectivity index is 1.24. The molecule has 0 radical (unpaired) electrons. The molecule has 0 aliphatic heterocycles. The van der Waals surface area contributed by atoms with Crippen molar-refractivity contribution in [2.45, 2.75) is 0 Å². The molecule has 0 aliphatic rings. The summed E-state index contributed by atoms with van der Waals surface area (Å²) in [5.74, 6) is 0.00549. The van der Waals surface area contributed by atoms with Crippen LogP contribution in [0, 0.1) is 0 Å². The molecule has 3 aromatic heterocycles. The van der Waals surface area contributed by atoms with Crippen LogP contribution < -0.4 is 10.6 Å². The van der Waals surface area contributed by atoms with Crippen LogP contribution in [0.4, 0.5) is 11.5 Å². The fourth-order valence-corrected chi connectivity index (χ4v) is 4.66. The van der Waals surface area contributed by atoms with Crippen molar-refractivity contribution >= 4 is 56.2 Å². The van der Waals surface area contributed by atoms with Crippen molar-refractivity contribution in [2.24, 2.45) is 0 Å². The molecule has 0 atom stereocenters. The van der Waals surface area contributed by atoms with Crippen molar-refractivity contribution in [1.82, 2.24) is 9.97 Å². The predicted octanol–water partition coefficient (Wildman–Crippen LogP) is 5.92. The van der Waals surface area contributed by atoms with E-state index < -0.39 is 0 Å². The fraction of sp³-hybridized carbons (Fsp3) is 0. The lowest BCUT2D eigenvalue weighted by molar-refractivity contribution is 0.102. The molecule has 5 rings (SSSR count). The standard InChI is InChI=1S/C24H16N4O2S2/c29-22(15-7-10-17(11-8-15)26-23(30)20-6-3-13-31-20)28-21-12-9-16(14-25-21)24-27-18-4-1-2-5-19(18)32-24/h1-14H,(H,26,30)(H,25,28,29). The summed E-state index contributed by atoms with van der Waals surface area (Å²) < 4.78 is 1.12. The van der Waals surface area contributed by atoms with Crippen molar-refractivity contribution in [2.75, 3.05) is 10.6 Å². The van der Waals surface area contributed by atoms with Gasteiger partial charge in [0.25, 0.3) is 11.8 Å². The number of carbonyl (C=O) groups is 2. The first kappa shape index (κ1) is 20.0. The Kier molecular flexibility index (Phi) is 5.45. The summed E-state index contributed by atoms with van der Waals surface area (Å²) in [6, 6.07) is 21.9. The van der Waals surface area contributed by atoms with Gasteiger partial charge in [-0.05, 0) is 60.0 Å². The van der Waals surface area contributed by atoms with Gasteiger partial charge >= 0.3 is 0 Å². The lowest BCUT2D eigenvalue weighted by Gasteiger charge is -2.07. The Bertz CT molecular complexity index is 1360. The van der Waals surface area contributed by atoms with Gasteiger partial charge in [-0.15, -0.1) is 22.7 Å². The molecule has 0 aliphatic carbocycles. The van der Waals surface area contributed by atoms with E-state index in [2.05, 4.69) is 20.6 Å². The Morgan fingerprint density at radius 2 is 1.66 bits per heavy atom. The first-order valence-corrected chi connectivity index (χ1v) is 11.4. The topological polar surface area (TPSA) is 84.0 Å². The number of pyridine rings is 1. The molecule has 6 nitrogen and oxygen atoms in total. The highest BCUT2D eigenvalue weighted by Crippen LogP contribution is 2.29. The van der Waals surface area contributed by atoms with E-state index in [1.54, 1.807) is 53.9 Å². The zero-order chi connectivity index (χ0) is 21.9. The highest BCUT2D eigenvalue weighted by Gasteiger charge is 2.11. The third-order valence-electron chi connectivity index (χ3n) is 4.70. The highest BCUT2D eigenvalue weighted by atomic mass is 32.1. The van der Waals surface area contributed by atoms with E-state index in [1.165, 1.54) is 11.3 Å². The van der Waals surface area contributed by atoms with Gasteiger partial charge in [-0.25, -0.2) is 9.97 Å². The van der Waals surface area contributed by atoms with Crippen LogP contribution in [-0.2, 0) is 0 Å². The molecule has 5 aromatic rings. The molecule has 156 valence electrons. The molecule has 0 saturated carbocycles. The van der Waals surface area contributed by atoms with Crippen molar-refractivity contribution in [3.63, 3.8) is 0 Å². The van der Waals surface area contributed by atoms with Crippen LogP contribution in [0.5, 0.6) is 0 Å². The first-order valence-electron chi connectivity index (χ1n) is 9.74. The Labute approximate surface area is 191 Å². The maximum Gasteiger partial charge on any atom is 0.265 e. The number of anilines is 2. The van der Waals surface area contributed by atoms with E-state index in [0.29, 0.717) is 21.9 Å². The smallest absolute Gasteiger partial charge is 0.265 e. The van der Waals surface area contributed by atoms with Gasteiger partial charge in [-0.1, -0.05) is 18.2 Å². The molecule has 0 unspecified atom stereocenters. The summed E-state index contributed by atoms with van der Waals surface area (Å²) >= 11 is 2.98. The predicted molar refractivity (Wildman–Crippen MR) is 130 cm³/mol. The second kappa shape index (κ2) is 8.70. The third kappa shape index (κ3) is 4.27. The van der Waals surface area contributed by atoms with Crippen LogP contribution in [0.15, 0.2) is 84.4 Å². The van der Waals surface area contributed by atoms with Crippen LogP contribution in [-0.4, -0.2) is 21.8 Å². The van der Waals surface area contributed by atoms with E-state index in [0.717, 1.165) is 20.8 Å². The number of carbonyl (C=O) groups excluding carboxylic acids is 2. The van der Waals surface area contributed by atoms with Crippen molar-refractivity contribution in [3.05, 3.63) is 94.8 Å².